The lowest BCUT2D eigenvalue weighted by Gasteiger charge is -2.30. The summed E-state index contributed by atoms with van der Waals surface area (Å²) in [7, 11) is 0. The number of hydrogen-bond donors (Lipinski definition) is 0. The average molecular weight is 297 g/mol. The fourth-order valence-electron chi connectivity index (χ4n) is 2.00. The van der Waals surface area contributed by atoms with Gasteiger partial charge in [-0.25, -0.2) is 4.79 Å². The van der Waals surface area contributed by atoms with E-state index in [1.807, 2.05) is 0 Å². The molecule has 0 unspecified atom stereocenters. The summed E-state index contributed by atoms with van der Waals surface area (Å²) in [6, 6.07) is 0. The molecule has 1 aliphatic heterocycles. The quantitative estimate of drug-likeness (QED) is 0.707. The predicted octanol–water partition coefficient (Wildman–Crippen LogP) is 2.92. The highest BCUT2D eigenvalue weighted by Gasteiger charge is 2.42. The molecule has 0 N–H and O–H groups in total. The molecule has 20 heavy (non-hydrogen) atoms. The van der Waals surface area contributed by atoms with Crippen LogP contribution >= 0.6 is 0 Å². The SMILES string of the molecule is CC(C)CCCOC1CCN(OC(=O)C(F)(F)F)CC1. The first-order valence-corrected chi connectivity index (χ1v) is 6.94. The van der Waals surface area contributed by atoms with Crippen molar-refractivity contribution >= 4 is 5.97 Å². The molecule has 0 aromatic heterocycles. The van der Waals surface area contributed by atoms with Gasteiger partial charge in [-0.3, -0.25) is 0 Å². The second kappa shape index (κ2) is 7.83. The van der Waals surface area contributed by atoms with E-state index in [-0.39, 0.29) is 19.2 Å². The normalized spacial score (nSPS) is 18.5. The van der Waals surface area contributed by atoms with Crippen LogP contribution < -0.4 is 0 Å². The summed E-state index contributed by atoms with van der Waals surface area (Å²) in [6.45, 7) is 5.51. The van der Waals surface area contributed by atoms with E-state index < -0.39 is 12.1 Å². The van der Waals surface area contributed by atoms with Gasteiger partial charge >= 0.3 is 12.1 Å². The minimum Gasteiger partial charge on any atom is -0.378 e. The third kappa shape index (κ3) is 6.56. The number of carbonyl (C=O) groups excluding carboxylic acids is 1. The first-order chi connectivity index (χ1) is 9.29. The molecule has 7 heteroatoms. The van der Waals surface area contributed by atoms with E-state index >= 15 is 0 Å². The van der Waals surface area contributed by atoms with Gasteiger partial charge in [0.15, 0.2) is 0 Å². The van der Waals surface area contributed by atoms with Gasteiger partial charge in [0.1, 0.15) is 0 Å². The molecular weight excluding hydrogens is 275 g/mol. The number of rotatable bonds is 6. The third-order valence-corrected chi connectivity index (χ3v) is 3.12. The second-order valence-electron chi connectivity index (χ2n) is 5.41. The largest absolute Gasteiger partial charge is 0.492 e. The van der Waals surface area contributed by atoms with Crippen molar-refractivity contribution in [1.29, 1.82) is 0 Å². The predicted molar refractivity (Wildman–Crippen MR) is 66.8 cm³/mol. The lowest BCUT2D eigenvalue weighted by atomic mass is 10.1. The van der Waals surface area contributed by atoms with Crippen molar-refractivity contribution in [1.82, 2.24) is 5.06 Å². The van der Waals surface area contributed by atoms with Crippen LogP contribution in [0.1, 0.15) is 39.5 Å². The molecule has 0 spiro atoms. The maximum atomic E-state index is 12.0. The maximum Gasteiger partial charge on any atom is 0.492 e. The van der Waals surface area contributed by atoms with E-state index in [1.54, 1.807) is 0 Å². The summed E-state index contributed by atoms with van der Waals surface area (Å²) in [5.41, 5.74) is 0. The zero-order valence-electron chi connectivity index (χ0n) is 11.9. The Balaban J connectivity index is 2.15. The number of nitrogens with zero attached hydrogens (tertiary/aromatic N) is 1. The fourth-order valence-corrected chi connectivity index (χ4v) is 2.00. The fraction of sp³-hybridized carbons (Fsp3) is 0.923. The minimum absolute atomic E-state index is 0.0444. The number of hydrogen-bond acceptors (Lipinski definition) is 4. The Morgan fingerprint density at radius 3 is 2.40 bits per heavy atom. The summed E-state index contributed by atoms with van der Waals surface area (Å²) in [5, 5.41) is 1.06. The van der Waals surface area contributed by atoms with Gasteiger partial charge in [-0.2, -0.15) is 13.2 Å². The van der Waals surface area contributed by atoms with Crippen LogP contribution in [0, 0.1) is 5.92 Å². The first-order valence-electron chi connectivity index (χ1n) is 6.94. The van der Waals surface area contributed by atoms with Gasteiger partial charge in [-0.1, -0.05) is 13.8 Å². The van der Waals surface area contributed by atoms with E-state index in [0.29, 0.717) is 25.4 Å². The van der Waals surface area contributed by atoms with Gasteiger partial charge in [-0.05, 0) is 31.6 Å². The topological polar surface area (TPSA) is 38.8 Å². The molecule has 0 aromatic rings. The van der Waals surface area contributed by atoms with Crippen LogP contribution in [0.4, 0.5) is 13.2 Å². The Morgan fingerprint density at radius 2 is 1.90 bits per heavy atom. The molecule has 1 rings (SSSR count). The van der Waals surface area contributed by atoms with Crippen LogP contribution in [0.2, 0.25) is 0 Å². The summed E-state index contributed by atoms with van der Waals surface area (Å²) in [5.74, 6) is -1.52. The van der Waals surface area contributed by atoms with Crippen molar-refractivity contribution < 1.29 is 27.5 Å². The average Bonchev–Trinajstić information content (AvgIpc) is 2.35. The molecular formula is C13H22F3NO3. The monoisotopic (exact) mass is 297 g/mol. The van der Waals surface area contributed by atoms with E-state index in [2.05, 4.69) is 18.7 Å². The van der Waals surface area contributed by atoms with Crippen molar-refractivity contribution in [2.45, 2.75) is 51.8 Å². The van der Waals surface area contributed by atoms with Crippen molar-refractivity contribution in [2.24, 2.45) is 5.92 Å². The zero-order valence-corrected chi connectivity index (χ0v) is 11.9. The van der Waals surface area contributed by atoms with E-state index in [9.17, 15) is 18.0 Å². The van der Waals surface area contributed by atoms with E-state index in [1.165, 1.54) is 0 Å². The molecule has 1 aliphatic rings. The van der Waals surface area contributed by atoms with Gasteiger partial charge in [0.2, 0.25) is 0 Å². The minimum atomic E-state index is -4.94. The number of hydroxylamine groups is 2. The lowest BCUT2D eigenvalue weighted by molar-refractivity contribution is -0.244. The summed E-state index contributed by atoms with van der Waals surface area (Å²) in [6.07, 6.45) is -1.66. The summed E-state index contributed by atoms with van der Waals surface area (Å²) >= 11 is 0. The molecule has 0 aliphatic carbocycles. The van der Waals surface area contributed by atoms with Crippen molar-refractivity contribution in [3.05, 3.63) is 0 Å². The van der Waals surface area contributed by atoms with Gasteiger partial charge in [0, 0.05) is 19.7 Å². The van der Waals surface area contributed by atoms with Crippen LogP contribution in [0.25, 0.3) is 0 Å². The molecule has 1 heterocycles. The Morgan fingerprint density at radius 1 is 1.30 bits per heavy atom. The number of carbonyl (C=O) groups is 1. The Hall–Kier alpha value is -0.820. The first kappa shape index (κ1) is 17.2. The van der Waals surface area contributed by atoms with Crippen LogP contribution in [0.15, 0.2) is 0 Å². The van der Waals surface area contributed by atoms with Crippen LogP contribution in [0.3, 0.4) is 0 Å². The molecule has 4 nitrogen and oxygen atoms in total. The Kier molecular flexibility index (Phi) is 6.75. The van der Waals surface area contributed by atoms with Crippen molar-refractivity contribution in [3.63, 3.8) is 0 Å². The lowest BCUT2D eigenvalue weighted by Crippen LogP contribution is -2.41. The van der Waals surface area contributed by atoms with Crippen LogP contribution in [-0.4, -0.2) is 43.0 Å². The van der Waals surface area contributed by atoms with Crippen LogP contribution in [0.5, 0.6) is 0 Å². The summed E-state index contributed by atoms with van der Waals surface area (Å²) < 4.78 is 41.7. The van der Waals surface area contributed by atoms with Crippen LogP contribution in [-0.2, 0) is 14.4 Å². The molecule has 0 aromatic carbocycles. The number of piperidine rings is 1. The highest BCUT2D eigenvalue weighted by atomic mass is 19.4. The molecule has 0 bridgehead atoms. The number of ether oxygens (including phenoxy) is 1. The van der Waals surface area contributed by atoms with Crippen molar-refractivity contribution in [2.75, 3.05) is 19.7 Å². The zero-order chi connectivity index (χ0) is 15.2. The number of alkyl halides is 3. The molecule has 0 radical (unpaired) electrons. The smallest absolute Gasteiger partial charge is 0.378 e. The van der Waals surface area contributed by atoms with Crippen molar-refractivity contribution in [3.8, 4) is 0 Å². The standard InChI is InChI=1S/C13H22F3NO3/c1-10(2)4-3-9-19-11-5-7-17(8-6-11)20-12(18)13(14,15)16/h10-11H,3-9H2,1-2H3. The van der Waals surface area contributed by atoms with E-state index in [0.717, 1.165) is 17.9 Å². The highest BCUT2D eigenvalue weighted by molar-refractivity contribution is 5.75. The molecule has 1 fully saturated rings. The molecule has 0 amide bonds. The molecule has 118 valence electrons. The van der Waals surface area contributed by atoms with Gasteiger partial charge in [-0.15, -0.1) is 5.06 Å². The van der Waals surface area contributed by atoms with Gasteiger partial charge < -0.3 is 9.57 Å². The molecule has 0 atom stereocenters. The van der Waals surface area contributed by atoms with Gasteiger partial charge in [0.05, 0.1) is 6.10 Å². The summed E-state index contributed by atoms with van der Waals surface area (Å²) in [4.78, 5) is 14.9. The molecule has 1 saturated heterocycles. The number of halogens is 3. The highest BCUT2D eigenvalue weighted by Crippen LogP contribution is 2.20. The second-order valence-corrected chi connectivity index (χ2v) is 5.41. The maximum absolute atomic E-state index is 12.0. The van der Waals surface area contributed by atoms with Gasteiger partial charge in [0.25, 0.3) is 0 Å². The Bertz CT molecular complexity index is 300. The molecule has 0 saturated carbocycles. The van der Waals surface area contributed by atoms with E-state index in [4.69, 9.17) is 4.74 Å². The third-order valence-electron chi connectivity index (χ3n) is 3.12. The Labute approximate surface area is 117 Å².